The van der Waals surface area contributed by atoms with Crippen molar-refractivity contribution < 1.29 is 23.0 Å². The van der Waals surface area contributed by atoms with E-state index < -0.39 is 23.0 Å². The Hall–Kier alpha value is -2.44. The number of fused-ring (bicyclic) bond motifs is 1. The molecule has 1 aliphatic heterocycles. The van der Waals surface area contributed by atoms with Crippen molar-refractivity contribution in [1.29, 1.82) is 0 Å². The van der Waals surface area contributed by atoms with Crippen LogP contribution in [-0.2, 0) is 10.3 Å². The first-order valence-electron chi connectivity index (χ1n) is 8.78. The lowest BCUT2D eigenvalue weighted by molar-refractivity contribution is 0.0486. The summed E-state index contributed by atoms with van der Waals surface area (Å²) in [5.74, 6) is -3.30. The number of carbonyl (C=O) groups excluding carboxylic acids is 1. The van der Waals surface area contributed by atoms with Gasteiger partial charge in [-0.3, -0.25) is 4.79 Å². The fourth-order valence-electron chi connectivity index (χ4n) is 4.11. The Morgan fingerprint density at radius 3 is 2.77 bits per heavy atom. The largest absolute Gasteiger partial charge is 0.488 e. The van der Waals surface area contributed by atoms with Crippen LogP contribution in [0.25, 0.3) is 10.9 Å². The number of carbonyl (C=O) groups is 1. The average molecular weight is 363 g/mol. The second kappa shape index (κ2) is 5.79. The van der Waals surface area contributed by atoms with Gasteiger partial charge >= 0.3 is 5.97 Å². The first-order valence-corrected chi connectivity index (χ1v) is 8.78. The molecule has 1 aromatic carbocycles. The molecule has 1 fully saturated rings. The van der Waals surface area contributed by atoms with Gasteiger partial charge in [0.2, 0.25) is 11.2 Å². The molecule has 4 rings (SSSR count). The highest BCUT2D eigenvalue weighted by Gasteiger charge is 2.47. The number of pyridine rings is 1. The van der Waals surface area contributed by atoms with Gasteiger partial charge in [-0.2, -0.15) is 4.39 Å². The zero-order chi connectivity index (χ0) is 18.6. The normalized spacial score (nSPS) is 20.4. The molecule has 5 nitrogen and oxygen atoms in total. The van der Waals surface area contributed by atoms with Crippen LogP contribution in [0.4, 0.5) is 8.78 Å². The van der Waals surface area contributed by atoms with Gasteiger partial charge in [-0.25, -0.2) is 9.18 Å². The number of aromatic nitrogens is 1. The molecular weight excluding hydrogens is 344 g/mol. The van der Waals surface area contributed by atoms with Crippen LogP contribution >= 0.6 is 0 Å². The Morgan fingerprint density at radius 1 is 1.42 bits per heavy atom. The second-order valence-corrected chi connectivity index (χ2v) is 7.03. The lowest BCUT2D eigenvalue weighted by atomic mass is 9.68. The van der Waals surface area contributed by atoms with Crippen LogP contribution in [0, 0.1) is 17.6 Å². The van der Waals surface area contributed by atoms with E-state index in [9.17, 15) is 18.4 Å². The highest BCUT2D eigenvalue weighted by molar-refractivity contribution is 5.95. The van der Waals surface area contributed by atoms with E-state index in [2.05, 4.69) is 0 Å². The molecule has 7 heteroatoms. The van der Waals surface area contributed by atoms with Crippen molar-refractivity contribution in [2.24, 2.45) is 5.92 Å². The van der Waals surface area contributed by atoms with Gasteiger partial charge in [-0.05, 0) is 32.3 Å². The maximum atomic E-state index is 14.4. The number of benzene rings is 1. The van der Waals surface area contributed by atoms with Gasteiger partial charge in [0.25, 0.3) is 0 Å². The third kappa shape index (κ3) is 2.12. The zero-order valence-electron chi connectivity index (χ0n) is 14.6. The molecule has 0 radical (unpaired) electrons. The van der Waals surface area contributed by atoms with Gasteiger partial charge in [0.05, 0.1) is 29.7 Å². The van der Waals surface area contributed by atoms with Crippen LogP contribution in [0.3, 0.4) is 0 Å². The summed E-state index contributed by atoms with van der Waals surface area (Å²) in [6.45, 7) is 3.94. The highest BCUT2D eigenvalue weighted by Crippen LogP contribution is 2.50. The van der Waals surface area contributed by atoms with E-state index in [1.807, 2.05) is 6.92 Å². The van der Waals surface area contributed by atoms with Gasteiger partial charge in [-0.1, -0.05) is 6.92 Å². The summed E-state index contributed by atoms with van der Waals surface area (Å²) in [4.78, 5) is 25.1. The number of nitrogens with zero attached hydrogens (tertiary/aromatic N) is 1. The van der Waals surface area contributed by atoms with Crippen molar-refractivity contribution in [1.82, 2.24) is 4.57 Å². The molecule has 0 saturated heterocycles. The number of hydrogen-bond acceptors (Lipinski definition) is 4. The molecule has 1 aliphatic carbocycles. The van der Waals surface area contributed by atoms with E-state index in [0.29, 0.717) is 0 Å². The number of ether oxygens (including phenoxy) is 2. The topological polar surface area (TPSA) is 57.5 Å². The maximum Gasteiger partial charge on any atom is 0.343 e. The molecular formula is C19H19F2NO4. The van der Waals surface area contributed by atoms with Crippen LogP contribution in [0.5, 0.6) is 5.75 Å². The minimum Gasteiger partial charge on any atom is -0.488 e. The van der Waals surface area contributed by atoms with Crippen LogP contribution in [-0.4, -0.2) is 23.8 Å². The number of halogens is 2. The number of rotatable bonds is 2. The molecule has 1 atom stereocenters. The predicted octanol–water partition coefficient (Wildman–Crippen LogP) is 3.36. The fraction of sp³-hybridized carbons (Fsp3) is 0.474. The first kappa shape index (κ1) is 17.0. The fourth-order valence-corrected chi connectivity index (χ4v) is 4.11. The Bertz CT molecular complexity index is 978. The molecule has 1 aromatic heterocycles. The molecule has 138 valence electrons. The molecule has 2 aliphatic rings. The van der Waals surface area contributed by atoms with E-state index in [-0.39, 0.29) is 46.9 Å². The van der Waals surface area contributed by atoms with Gasteiger partial charge in [0.1, 0.15) is 5.56 Å². The summed E-state index contributed by atoms with van der Waals surface area (Å²) in [6.07, 6.45) is 4.05. The molecule has 1 spiro atoms. The van der Waals surface area contributed by atoms with Gasteiger partial charge in [-0.15, -0.1) is 0 Å². The highest BCUT2D eigenvalue weighted by atomic mass is 19.2. The average Bonchev–Trinajstić information content (AvgIpc) is 2.69. The predicted molar refractivity (Wildman–Crippen MR) is 90.6 cm³/mol. The maximum absolute atomic E-state index is 14.4. The van der Waals surface area contributed by atoms with Crippen LogP contribution in [0.15, 0.2) is 17.1 Å². The van der Waals surface area contributed by atoms with E-state index in [4.69, 9.17) is 9.47 Å². The van der Waals surface area contributed by atoms with E-state index in [0.717, 1.165) is 25.3 Å². The Morgan fingerprint density at radius 2 is 2.15 bits per heavy atom. The molecule has 0 bridgehead atoms. The second-order valence-electron chi connectivity index (χ2n) is 7.03. The minimum absolute atomic E-state index is 0.00635. The van der Waals surface area contributed by atoms with Crippen LogP contribution < -0.4 is 10.2 Å². The van der Waals surface area contributed by atoms with E-state index in [1.165, 1.54) is 6.20 Å². The van der Waals surface area contributed by atoms with Gasteiger partial charge < -0.3 is 14.0 Å². The molecule has 0 amide bonds. The number of hydrogen-bond donors (Lipinski definition) is 0. The zero-order valence-corrected chi connectivity index (χ0v) is 14.6. The third-order valence-corrected chi connectivity index (χ3v) is 5.73. The summed E-state index contributed by atoms with van der Waals surface area (Å²) in [7, 11) is 0. The summed E-state index contributed by atoms with van der Waals surface area (Å²) >= 11 is 0. The van der Waals surface area contributed by atoms with Crippen molar-refractivity contribution >= 4 is 16.9 Å². The lowest BCUT2D eigenvalue weighted by Crippen LogP contribution is -2.47. The van der Waals surface area contributed by atoms with Crippen molar-refractivity contribution in [2.45, 2.75) is 38.6 Å². The molecule has 2 aromatic rings. The van der Waals surface area contributed by atoms with Crippen molar-refractivity contribution in [3.8, 4) is 5.75 Å². The first-order chi connectivity index (χ1) is 12.4. The van der Waals surface area contributed by atoms with Gasteiger partial charge in [0.15, 0.2) is 11.6 Å². The molecule has 0 N–H and O–H groups in total. The van der Waals surface area contributed by atoms with E-state index in [1.54, 1.807) is 11.5 Å². The minimum atomic E-state index is -1.17. The van der Waals surface area contributed by atoms with Crippen molar-refractivity contribution in [3.63, 3.8) is 0 Å². The monoisotopic (exact) mass is 363 g/mol. The summed E-state index contributed by atoms with van der Waals surface area (Å²) < 4.78 is 40.9. The smallest absolute Gasteiger partial charge is 0.343 e. The summed E-state index contributed by atoms with van der Waals surface area (Å²) in [5.41, 5.74) is -1.02. The standard InChI is InChI=1S/C19H19F2NO4/c1-3-25-18(24)12-8-22-15-11(16(12)23)7-13(20)14(21)17(15)26-9-10(2)19(22)5-4-6-19/h7-8,10H,3-6,9H2,1-2H3. The molecule has 26 heavy (non-hydrogen) atoms. The van der Waals surface area contributed by atoms with Gasteiger partial charge in [0, 0.05) is 12.1 Å². The SMILES string of the molecule is CCOC(=O)c1cn2c3c(c(F)c(F)cc3c1=O)OCC(C)C21CCC1. The summed E-state index contributed by atoms with van der Waals surface area (Å²) in [5, 5.41) is -0.0650. The van der Waals surface area contributed by atoms with Crippen molar-refractivity contribution in [3.05, 3.63) is 39.7 Å². The summed E-state index contributed by atoms with van der Waals surface area (Å²) in [6, 6.07) is 0.849. The quantitative estimate of drug-likeness (QED) is 0.768. The van der Waals surface area contributed by atoms with Crippen molar-refractivity contribution in [2.75, 3.05) is 13.2 Å². The Labute approximate surface area is 148 Å². The van der Waals surface area contributed by atoms with E-state index >= 15 is 0 Å². The molecule has 1 unspecified atom stereocenters. The molecule has 2 heterocycles. The Balaban J connectivity index is 2.13. The third-order valence-electron chi connectivity index (χ3n) is 5.73. The Kier molecular flexibility index (Phi) is 3.78. The van der Waals surface area contributed by atoms with Crippen LogP contribution in [0.2, 0.25) is 0 Å². The number of esters is 1. The molecule has 1 saturated carbocycles. The lowest BCUT2D eigenvalue weighted by Gasteiger charge is -2.47. The van der Waals surface area contributed by atoms with Crippen LogP contribution in [0.1, 0.15) is 43.5 Å².